The second-order valence-electron chi connectivity index (χ2n) is 9.30. The van der Waals surface area contributed by atoms with Crippen LogP contribution in [0.4, 0.5) is 11.4 Å². The number of carbonyl (C=O) groups excluding carboxylic acids is 4. The van der Waals surface area contributed by atoms with Crippen molar-refractivity contribution in [3.63, 3.8) is 0 Å². The van der Waals surface area contributed by atoms with Gasteiger partial charge >= 0.3 is 0 Å². The number of imide groups is 1. The van der Waals surface area contributed by atoms with E-state index in [9.17, 15) is 19.2 Å². The smallest absolute Gasteiger partial charge is 0.255 e. The van der Waals surface area contributed by atoms with E-state index in [1.54, 1.807) is 48.5 Å². The Bertz CT molecular complexity index is 1180. The third-order valence-corrected chi connectivity index (χ3v) is 7.58. The summed E-state index contributed by atoms with van der Waals surface area (Å²) in [5, 5.41) is 2.80. The van der Waals surface area contributed by atoms with Crippen molar-refractivity contribution in [3.8, 4) is 0 Å². The van der Waals surface area contributed by atoms with Crippen LogP contribution in [0, 0.1) is 35.5 Å². The van der Waals surface area contributed by atoms with Gasteiger partial charge in [0.1, 0.15) is 0 Å². The fourth-order valence-corrected chi connectivity index (χ4v) is 5.99. The molecule has 1 heterocycles. The van der Waals surface area contributed by atoms with Crippen molar-refractivity contribution in [2.24, 2.45) is 35.5 Å². The Kier molecular flexibility index (Phi) is 4.03. The average Bonchev–Trinajstić information content (AvgIpc) is 3.57. The van der Waals surface area contributed by atoms with Crippen molar-refractivity contribution in [1.82, 2.24) is 0 Å². The summed E-state index contributed by atoms with van der Waals surface area (Å²) in [5.74, 6) is 0.242. The maximum atomic E-state index is 13.3. The highest BCUT2D eigenvalue weighted by molar-refractivity contribution is 6.23. The average molecular weight is 426 g/mol. The highest BCUT2D eigenvalue weighted by Crippen LogP contribution is 2.65. The molecule has 160 valence electrons. The molecule has 2 aromatic rings. The van der Waals surface area contributed by atoms with Gasteiger partial charge in [0, 0.05) is 16.8 Å². The van der Waals surface area contributed by atoms with Crippen LogP contribution < -0.4 is 10.2 Å². The number of hydrogen-bond acceptors (Lipinski definition) is 4. The number of rotatable bonds is 4. The van der Waals surface area contributed by atoms with Gasteiger partial charge in [0.15, 0.2) is 5.78 Å². The van der Waals surface area contributed by atoms with Crippen LogP contribution >= 0.6 is 0 Å². The number of carbonyl (C=O) groups is 4. The van der Waals surface area contributed by atoms with Crippen LogP contribution in [0.5, 0.6) is 0 Å². The first kappa shape index (κ1) is 19.2. The second-order valence-corrected chi connectivity index (χ2v) is 9.30. The van der Waals surface area contributed by atoms with Crippen LogP contribution in [0.15, 0.2) is 60.7 Å². The molecule has 1 N–H and O–H groups in total. The number of nitrogens with zero attached hydrogens (tertiary/aromatic N) is 1. The molecule has 1 saturated heterocycles. The zero-order valence-electron chi connectivity index (χ0n) is 17.5. The van der Waals surface area contributed by atoms with Crippen LogP contribution in [-0.2, 0) is 9.59 Å². The molecule has 3 fully saturated rings. The lowest BCUT2D eigenvalue weighted by atomic mass is 9.63. The van der Waals surface area contributed by atoms with Gasteiger partial charge in [-0.2, -0.15) is 0 Å². The minimum absolute atomic E-state index is 0.0444. The molecule has 4 aliphatic carbocycles. The molecule has 2 aromatic carbocycles. The van der Waals surface area contributed by atoms with Crippen molar-refractivity contribution in [1.29, 1.82) is 0 Å². The van der Waals surface area contributed by atoms with Crippen LogP contribution in [0.1, 0.15) is 34.1 Å². The third-order valence-electron chi connectivity index (χ3n) is 7.58. The predicted molar refractivity (Wildman–Crippen MR) is 118 cm³/mol. The molecule has 6 atom stereocenters. The molecule has 6 heteroatoms. The molecule has 32 heavy (non-hydrogen) atoms. The van der Waals surface area contributed by atoms with Crippen LogP contribution in [0.3, 0.4) is 0 Å². The normalized spacial score (nSPS) is 31.3. The third kappa shape index (κ3) is 2.72. The molecular formula is C26H22N2O4. The summed E-state index contributed by atoms with van der Waals surface area (Å²) in [7, 11) is 0. The summed E-state index contributed by atoms with van der Waals surface area (Å²) < 4.78 is 0. The van der Waals surface area contributed by atoms with Crippen LogP contribution in [0.2, 0.25) is 0 Å². The SMILES string of the molecule is CC(=O)c1ccc(NC(=O)c2cccc(N3C(=O)[C@@H]4[C@H]5C=C[C@@H]([C@@H]6C[C@@H]56)[C@@H]4C3=O)c2)cc1. The quantitative estimate of drug-likeness (QED) is 0.459. The van der Waals surface area contributed by atoms with Gasteiger partial charge in [0.05, 0.1) is 17.5 Å². The summed E-state index contributed by atoms with van der Waals surface area (Å²) in [6, 6.07) is 13.3. The highest BCUT2D eigenvalue weighted by Gasteiger charge is 2.67. The molecule has 2 bridgehead atoms. The van der Waals surface area contributed by atoms with E-state index in [0.717, 1.165) is 6.42 Å². The Balaban J connectivity index is 1.25. The molecule has 0 spiro atoms. The number of Topliss-reactive ketones (excluding diaryl/α,β-unsaturated/α-hetero) is 1. The van der Waals surface area contributed by atoms with E-state index in [1.165, 1.54) is 11.8 Å². The van der Waals surface area contributed by atoms with Gasteiger partial charge in [0.25, 0.3) is 5.91 Å². The Morgan fingerprint density at radius 2 is 1.50 bits per heavy atom. The number of nitrogens with one attached hydrogen (secondary N) is 1. The van der Waals surface area contributed by atoms with Crippen molar-refractivity contribution in [2.75, 3.05) is 10.2 Å². The van der Waals surface area contributed by atoms with Gasteiger partial charge in [-0.15, -0.1) is 0 Å². The zero-order chi connectivity index (χ0) is 22.1. The minimum atomic E-state index is -0.345. The molecule has 3 amide bonds. The molecule has 0 radical (unpaired) electrons. The van der Waals surface area contributed by atoms with Gasteiger partial charge in [-0.3, -0.25) is 19.2 Å². The minimum Gasteiger partial charge on any atom is -0.322 e. The van der Waals surface area contributed by atoms with E-state index in [1.807, 2.05) is 0 Å². The van der Waals surface area contributed by atoms with E-state index < -0.39 is 0 Å². The van der Waals surface area contributed by atoms with Gasteiger partial charge < -0.3 is 5.32 Å². The number of benzene rings is 2. The fraction of sp³-hybridized carbons (Fsp3) is 0.308. The highest BCUT2D eigenvalue weighted by atomic mass is 16.2. The zero-order valence-corrected chi connectivity index (χ0v) is 17.5. The Hall–Kier alpha value is -3.54. The summed E-state index contributed by atoms with van der Waals surface area (Å²) >= 11 is 0. The summed E-state index contributed by atoms with van der Waals surface area (Å²) in [6.45, 7) is 1.49. The largest absolute Gasteiger partial charge is 0.322 e. The standard InChI is InChI=1S/C26H22N2O4/c1-13(29)14-5-7-16(8-6-14)27-24(30)15-3-2-4-17(11-15)28-25(31)22-18-9-10-19(21-12-20(18)21)23(22)26(28)32/h2-11,18-23H,12H2,1H3,(H,27,30)/t18-,19-,20-,21-,22-,23+/m0/s1. The summed E-state index contributed by atoms with van der Waals surface area (Å²) in [6.07, 6.45) is 5.42. The second kappa shape index (κ2) is 6.73. The Labute approximate surface area is 185 Å². The molecule has 7 rings (SSSR count). The molecule has 6 nitrogen and oxygen atoms in total. The topological polar surface area (TPSA) is 83.6 Å². The fourth-order valence-electron chi connectivity index (χ4n) is 5.99. The van der Waals surface area contributed by atoms with Gasteiger partial charge in [-0.1, -0.05) is 18.2 Å². The van der Waals surface area contributed by atoms with Crippen molar-refractivity contribution >= 4 is 34.9 Å². The van der Waals surface area contributed by atoms with E-state index in [4.69, 9.17) is 0 Å². The first-order chi connectivity index (χ1) is 15.4. The van der Waals surface area contributed by atoms with E-state index in [2.05, 4.69) is 17.5 Å². The molecule has 0 aromatic heterocycles. The lowest BCUT2D eigenvalue weighted by Gasteiger charge is -2.37. The first-order valence-corrected chi connectivity index (χ1v) is 11.0. The lowest BCUT2D eigenvalue weighted by Crippen LogP contribution is -2.40. The molecular weight excluding hydrogens is 404 g/mol. The molecule has 0 unspecified atom stereocenters. The Morgan fingerprint density at radius 3 is 2.09 bits per heavy atom. The summed E-state index contributed by atoms with van der Waals surface area (Å²) in [4.78, 5) is 52.1. The van der Waals surface area contributed by atoms with Gasteiger partial charge in [-0.25, -0.2) is 4.90 Å². The number of hydrogen-bond donors (Lipinski definition) is 1. The Morgan fingerprint density at radius 1 is 0.875 bits per heavy atom. The number of anilines is 2. The van der Waals surface area contributed by atoms with Gasteiger partial charge in [-0.05, 0) is 79.5 Å². The molecule has 1 aliphatic heterocycles. The van der Waals surface area contributed by atoms with Crippen molar-refractivity contribution < 1.29 is 19.2 Å². The lowest BCUT2D eigenvalue weighted by molar-refractivity contribution is -0.124. The van der Waals surface area contributed by atoms with Gasteiger partial charge in [0.2, 0.25) is 11.8 Å². The number of amides is 3. The molecule has 2 saturated carbocycles. The van der Waals surface area contributed by atoms with Crippen LogP contribution in [-0.4, -0.2) is 23.5 Å². The molecule has 5 aliphatic rings. The monoisotopic (exact) mass is 426 g/mol. The summed E-state index contributed by atoms with van der Waals surface area (Å²) in [5.41, 5.74) is 1.94. The van der Waals surface area contributed by atoms with E-state index in [0.29, 0.717) is 34.3 Å². The first-order valence-electron chi connectivity index (χ1n) is 11.0. The van der Waals surface area contributed by atoms with Crippen molar-refractivity contribution in [2.45, 2.75) is 13.3 Å². The maximum Gasteiger partial charge on any atom is 0.255 e. The number of ketones is 1. The van der Waals surface area contributed by atoms with E-state index >= 15 is 0 Å². The van der Waals surface area contributed by atoms with Crippen molar-refractivity contribution in [3.05, 3.63) is 71.8 Å². The predicted octanol–water partition coefficient (Wildman–Crippen LogP) is 3.70. The maximum absolute atomic E-state index is 13.3. The van der Waals surface area contributed by atoms with Crippen LogP contribution in [0.25, 0.3) is 0 Å². The number of allylic oxidation sites excluding steroid dienone is 2. The van der Waals surface area contributed by atoms with E-state index in [-0.39, 0.29) is 47.2 Å².